The Hall–Kier alpha value is -7.83. The Morgan fingerprint density at radius 1 is 0.550 bits per heavy atom. The summed E-state index contributed by atoms with van der Waals surface area (Å²) in [7, 11) is 0. The van der Waals surface area contributed by atoms with Crippen LogP contribution in [-0.2, 0) is 6.42 Å². The fraction of sp³-hybridized carbons (Fsp3) is 0.0556. The SMILES string of the molecule is C1=Cc2c(oc3c2c2ccccc2c2c4ccc5ccccc5c4n(-c4ccc(C5=Nc6oc7ccccc7c6C(c6cccc7c6oc6ccccc67)N5)cc4)c32)CC1. The van der Waals surface area contributed by atoms with Gasteiger partial charge in [0.25, 0.3) is 0 Å². The zero-order valence-corrected chi connectivity index (χ0v) is 32.2. The van der Waals surface area contributed by atoms with E-state index in [2.05, 4.69) is 149 Å². The second-order valence-corrected chi connectivity index (χ2v) is 16.1. The van der Waals surface area contributed by atoms with Gasteiger partial charge in [-0.25, -0.2) is 0 Å². The number of aromatic nitrogens is 1. The summed E-state index contributed by atoms with van der Waals surface area (Å²) in [4.78, 5) is 5.18. The molecule has 0 saturated carbocycles. The van der Waals surface area contributed by atoms with Gasteiger partial charge < -0.3 is 23.1 Å². The number of amidine groups is 1. The lowest BCUT2D eigenvalue weighted by atomic mass is 9.94. The van der Waals surface area contributed by atoms with E-state index in [9.17, 15) is 0 Å². The van der Waals surface area contributed by atoms with Crippen LogP contribution >= 0.6 is 0 Å². The Morgan fingerprint density at radius 3 is 2.12 bits per heavy atom. The average Bonchev–Trinajstić information content (AvgIpc) is 4.08. The molecular weight excluding hydrogens is 739 g/mol. The minimum atomic E-state index is -0.274. The third-order valence-corrected chi connectivity index (χ3v) is 12.9. The lowest BCUT2D eigenvalue weighted by Crippen LogP contribution is -2.32. The van der Waals surface area contributed by atoms with Crippen LogP contribution in [0.1, 0.15) is 40.5 Å². The minimum Gasteiger partial charge on any atom is -0.458 e. The fourth-order valence-electron chi connectivity index (χ4n) is 10.3. The number of para-hydroxylation sites is 3. The second-order valence-electron chi connectivity index (χ2n) is 16.1. The van der Waals surface area contributed by atoms with Gasteiger partial charge in [-0.3, -0.25) is 0 Å². The van der Waals surface area contributed by atoms with E-state index in [0.717, 1.165) is 96.3 Å². The predicted octanol–water partition coefficient (Wildman–Crippen LogP) is 14.2. The molecule has 0 saturated heterocycles. The van der Waals surface area contributed by atoms with E-state index in [4.69, 9.17) is 18.2 Å². The quantitative estimate of drug-likeness (QED) is 0.194. The second kappa shape index (κ2) is 11.9. The molecule has 0 spiro atoms. The van der Waals surface area contributed by atoms with E-state index in [1.54, 1.807) is 0 Å². The van der Waals surface area contributed by atoms with Crippen LogP contribution in [0.4, 0.5) is 5.88 Å². The molecule has 1 unspecified atom stereocenters. The smallest absolute Gasteiger partial charge is 0.227 e. The summed E-state index contributed by atoms with van der Waals surface area (Å²) in [5.41, 5.74) is 10.9. The third-order valence-electron chi connectivity index (χ3n) is 12.9. The van der Waals surface area contributed by atoms with Crippen molar-refractivity contribution in [2.75, 3.05) is 0 Å². The minimum absolute atomic E-state index is 0.274. The van der Waals surface area contributed by atoms with Gasteiger partial charge in [0, 0.05) is 66.5 Å². The monoisotopic (exact) mass is 771 g/mol. The molecule has 1 N–H and O–H groups in total. The van der Waals surface area contributed by atoms with Crippen molar-refractivity contribution in [2.45, 2.75) is 18.9 Å². The summed E-state index contributed by atoms with van der Waals surface area (Å²) in [6.07, 6.45) is 6.40. The van der Waals surface area contributed by atoms with E-state index < -0.39 is 0 Å². The zero-order chi connectivity index (χ0) is 39.1. The average molecular weight is 772 g/mol. The standard InChI is InChI=1S/C54H33N3O3/c1-2-13-33-30(12-1)26-29-40-45-35-15-3-4-16-36(35)46-38-17-6-9-22-43(38)59-52(46)50(45)57(49(33)40)32-27-24-31(25-28-32)53-55-48(47-39-18-7-10-23-44(39)60-54(47)56-53)41-20-11-19-37-34-14-5-8-21-42(34)58-51(37)41/h1-8,10-21,23-29,48H,9,22H2,(H,55,56). The van der Waals surface area contributed by atoms with Crippen molar-refractivity contribution in [3.05, 3.63) is 186 Å². The molecule has 4 aromatic heterocycles. The molecule has 1 atom stereocenters. The zero-order valence-electron chi connectivity index (χ0n) is 32.2. The van der Waals surface area contributed by atoms with E-state index in [-0.39, 0.29) is 6.04 Å². The van der Waals surface area contributed by atoms with Crippen molar-refractivity contribution in [1.29, 1.82) is 0 Å². The van der Waals surface area contributed by atoms with Crippen LogP contribution in [0, 0.1) is 0 Å². The summed E-state index contributed by atoms with van der Waals surface area (Å²) < 4.78 is 22.5. The molecule has 12 aromatic rings. The third kappa shape index (κ3) is 4.29. The predicted molar refractivity (Wildman–Crippen MR) is 244 cm³/mol. The molecule has 0 radical (unpaired) electrons. The van der Waals surface area contributed by atoms with Gasteiger partial charge in [-0.1, -0.05) is 127 Å². The Kier molecular flexibility index (Phi) is 6.36. The van der Waals surface area contributed by atoms with Gasteiger partial charge in [0.1, 0.15) is 28.3 Å². The fourth-order valence-corrected chi connectivity index (χ4v) is 10.3. The van der Waals surface area contributed by atoms with E-state index >= 15 is 0 Å². The molecule has 6 heteroatoms. The topological polar surface area (TPSA) is 68.7 Å². The first-order valence-electron chi connectivity index (χ1n) is 20.6. The van der Waals surface area contributed by atoms with Crippen LogP contribution in [0.15, 0.2) is 176 Å². The summed E-state index contributed by atoms with van der Waals surface area (Å²) in [5.74, 6) is 2.39. The highest BCUT2D eigenvalue weighted by molar-refractivity contribution is 6.34. The van der Waals surface area contributed by atoms with Crippen molar-refractivity contribution in [3.63, 3.8) is 0 Å². The molecule has 60 heavy (non-hydrogen) atoms. The lowest BCUT2D eigenvalue weighted by molar-refractivity contribution is 0.548. The number of furan rings is 3. The molecular formula is C54H33N3O3. The van der Waals surface area contributed by atoms with E-state index in [1.807, 2.05) is 24.3 Å². The number of hydrogen-bond donors (Lipinski definition) is 1. The largest absolute Gasteiger partial charge is 0.458 e. The van der Waals surface area contributed by atoms with Gasteiger partial charge in [0.05, 0.1) is 22.6 Å². The Morgan fingerprint density at radius 2 is 1.27 bits per heavy atom. The van der Waals surface area contributed by atoms with E-state index in [1.165, 1.54) is 43.3 Å². The van der Waals surface area contributed by atoms with E-state index in [0.29, 0.717) is 5.88 Å². The van der Waals surface area contributed by atoms with Crippen molar-refractivity contribution >= 4 is 105 Å². The van der Waals surface area contributed by atoms with Gasteiger partial charge in [0.2, 0.25) is 5.88 Å². The number of allylic oxidation sites excluding steroid dienone is 1. The Labute approximate surface area is 342 Å². The molecule has 282 valence electrons. The van der Waals surface area contributed by atoms with Crippen LogP contribution in [-0.4, -0.2) is 10.4 Å². The van der Waals surface area contributed by atoms with Crippen LogP contribution in [0.3, 0.4) is 0 Å². The highest BCUT2D eigenvalue weighted by Gasteiger charge is 2.32. The Balaban J connectivity index is 0.995. The first kappa shape index (κ1) is 32.2. The highest BCUT2D eigenvalue weighted by atomic mass is 16.4. The highest BCUT2D eigenvalue weighted by Crippen LogP contribution is 2.48. The number of hydrogen-bond acceptors (Lipinski definition) is 5. The maximum Gasteiger partial charge on any atom is 0.227 e. The van der Waals surface area contributed by atoms with Crippen molar-refractivity contribution in [1.82, 2.24) is 9.88 Å². The van der Waals surface area contributed by atoms with Crippen LogP contribution in [0.25, 0.3) is 99.0 Å². The van der Waals surface area contributed by atoms with Gasteiger partial charge in [-0.05, 0) is 59.0 Å². The summed E-state index contributed by atoms with van der Waals surface area (Å²) >= 11 is 0. The normalized spacial score (nSPS) is 15.2. The summed E-state index contributed by atoms with van der Waals surface area (Å²) in [5, 5.41) is 15.5. The molecule has 0 amide bonds. The molecule has 1 aliphatic heterocycles. The molecule has 0 fully saturated rings. The number of aryl methyl sites for hydroxylation is 1. The lowest BCUT2D eigenvalue weighted by Gasteiger charge is -2.25. The Bertz CT molecular complexity index is 3870. The molecule has 0 bridgehead atoms. The van der Waals surface area contributed by atoms with Gasteiger partial charge in [-0.15, -0.1) is 0 Å². The van der Waals surface area contributed by atoms with Gasteiger partial charge >= 0.3 is 0 Å². The molecule has 14 rings (SSSR count). The van der Waals surface area contributed by atoms with Crippen molar-refractivity contribution in [3.8, 4) is 5.69 Å². The maximum atomic E-state index is 6.98. The van der Waals surface area contributed by atoms with Crippen molar-refractivity contribution in [2.24, 2.45) is 4.99 Å². The number of rotatable bonds is 3. The molecule has 8 aromatic carbocycles. The van der Waals surface area contributed by atoms with Crippen LogP contribution in [0.5, 0.6) is 0 Å². The number of fused-ring (bicyclic) bond motifs is 18. The maximum absolute atomic E-state index is 6.98. The summed E-state index contributed by atoms with van der Waals surface area (Å²) in [6, 6.07) is 53.4. The molecule has 1 aliphatic carbocycles. The van der Waals surface area contributed by atoms with Crippen molar-refractivity contribution < 1.29 is 13.3 Å². The number of aliphatic imine (C=N–C) groups is 1. The van der Waals surface area contributed by atoms with Gasteiger partial charge in [0.15, 0.2) is 5.58 Å². The number of nitrogens with one attached hydrogen (secondary N) is 1. The molecule has 6 nitrogen and oxygen atoms in total. The first-order valence-corrected chi connectivity index (χ1v) is 20.6. The van der Waals surface area contributed by atoms with Crippen LogP contribution in [0.2, 0.25) is 0 Å². The molecule has 2 aliphatic rings. The van der Waals surface area contributed by atoms with Crippen LogP contribution < -0.4 is 5.32 Å². The first-order chi connectivity index (χ1) is 29.8. The number of nitrogens with zero attached hydrogens (tertiary/aromatic N) is 2. The van der Waals surface area contributed by atoms with Gasteiger partial charge in [-0.2, -0.15) is 4.99 Å². The molecule has 5 heterocycles. The summed E-state index contributed by atoms with van der Waals surface area (Å²) in [6.45, 7) is 0. The number of benzene rings is 8.